The van der Waals surface area contributed by atoms with Crippen molar-refractivity contribution in [2.75, 3.05) is 0 Å². The molecule has 0 saturated carbocycles. The van der Waals surface area contributed by atoms with Crippen LogP contribution in [-0.2, 0) is 0 Å². The summed E-state index contributed by atoms with van der Waals surface area (Å²) in [5, 5.41) is 6.54. The number of fused-ring (bicyclic) bond motifs is 11. The van der Waals surface area contributed by atoms with Crippen LogP contribution in [0.5, 0.6) is 0 Å². The molecule has 0 amide bonds. The first kappa shape index (κ1) is 27.9. The van der Waals surface area contributed by atoms with E-state index in [0.29, 0.717) is 17.6 Å². The highest BCUT2D eigenvalue weighted by Gasteiger charge is 2.25. The third-order valence-electron chi connectivity index (χ3n) is 9.97. The largest absolute Gasteiger partial charge is 0.455 e. The van der Waals surface area contributed by atoms with Crippen LogP contribution < -0.4 is 0 Å². The van der Waals surface area contributed by atoms with E-state index < -0.39 is 0 Å². The van der Waals surface area contributed by atoms with Gasteiger partial charge in [0.1, 0.15) is 11.2 Å². The van der Waals surface area contributed by atoms with Gasteiger partial charge in [-0.05, 0) is 48.5 Å². The van der Waals surface area contributed by atoms with Crippen molar-refractivity contribution in [2.24, 2.45) is 0 Å². The van der Waals surface area contributed by atoms with E-state index in [1.165, 1.54) is 0 Å². The average molecular weight is 654 g/mol. The fourth-order valence-electron chi connectivity index (χ4n) is 7.78. The zero-order valence-corrected chi connectivity index (χ0v) is 27.2. The molecular formula is C45H27N5O. The molecule has 4 aromatic heterocycles. The van der Waals surface area contributed by atoms with Crippen molar-refractivity contribution in [3.63, 3.8) is 0 Å². The molecule has 0 fully saturated rings. The predicted molar refractivity (Wildman–Crippen MR) is 207 cm³/mol. The van der Waals surface area contributed by atoms with E-state index in [2.05, 4.69) is 100 Å². The second-order valence-corrected chi connectivity index (χ2v) is 12.8. The van der Waals surface area contributed by atoms with Crippen molar-refractivity contribution in [3.05, 3.63) is 164 Å². The van der Waals surface area contributed by atoms with E-state index in [0.717, 1.165) is 82.4 Å². The Morgan fingerprint density at radius 3 is 1.67 bits per heavy atom. The molecule has 0 aliphatic rings. The maximum atomic E-state index is 6.71. The number of nitrogens with zero attached hydrogens (tertiary/aromatic N) is 5. The third kappa shape index (κ3) is 4.07. The molecule has 0 aliphatic heterocycles. The quantitative estimate of drug-likeness (QED) is 0.190. The molecule has 0 N–H and O–H groups in total. The molecule has 0 aliphatic carbocycles. The summed E-state index contributed by atoms with van der Waals surface area (Å²) >= 11 is 0. The zero-order valence-electron chi connectivity index (χ0n) is 27.2. The predicted octanol–water partition coefficient (Wildman–Crippen LogP) is 11.3. The Balaban J connectivity index is 1.36. The standard InChI is InChI=1S/C45H27N5O/c1-4-14-28(15-5-1)43-46-44(29-16-6-2-7-17-29)48-45(47-43)50-37-26-24-32-31-20-11-13-23-38(31)51-42(32)40(37)34-25-27-36-39(41(34)50)33-21-10-12-22-35(33)49(36)30-18-8-3-9-19-30/h1-27H. The molecule has 0 saturated heterocycles. The molecule has 7 aromatic carbocycles. The zero-order chi connectivity index (χ0) is 33.5. The topological polar surface area (TPSA) is 61.7 Å². The van der Waals surface area contributed by atoms with Gasteiger partial charge in [-0.1, -0.05) is 115 Å². The van der Waals surface area contributed by atoms with Crippen LogP contribution in [0.15, 0.2) is 168 Å². The highest BCUT2D eigenvalue weighted by atomic mass is 16.3. The van der Waals surface area contributed by atoms with Gasteiger partial charge < -0.3 is 8.98 Å². The minimum absolute atomic E-state index is 0.544. The van der Waals surface area contributed by atoms with Gasteiger partial charge in [-0.15, -0.1) is 0 Å². The van der Waals surface area contributed by atoms with Gasteiger partial charge >= 0.3 is 0 Å². The van der Waals surface area contributed by atoms with Crippen LogP contribution in [0.25, 0.3) is 100.0 Å². The van der Waals surface area contributed by atoms with E-state index >= 15 is 0 Å². The SMILES string of the molecule is c1ccc(-c2nc(-c3ccccc3)nc(-n3c4ccc5c6ccccc6oc5c4c4ccc5c(c6ccccc6n5-c5ccccc5)c43)n2)cc1. The summed E-state index contributed by atoms with van der Waals surface area (Å²) in [6.07, 6.45) is 0. The van der Waals surface area contributed by atoms with Gasteiger partial charge in [0.15, 0.2) is 11.6 Å². The van der Waals surface area contributed by atoms with Gasteiger partial charge in [-0.3, -0.25) is 4.57 Å². The Morgan fingerprint density at radius 1 is 0.392 bits per heavy atom. The number of hydrogen-bond donors (Lipinski definition) is 0. The van der Waals surface area contributed by atoms with Crippen LogP contribution in [0.3, 0.4) is 0 Å². The summed E-state index contributed by atoms with van der Waals surface area (Å²) in [7, 11) is 0. The first-order chi connectivity index (χ1) is 25.3. The highest BCUT2D eigenvalue weighted by Crippen LogP contribution is 2.45. The summed E-state index contributed by atoms with van der Waals surface area (Å²) in [6.45, 7) is 0. The number of benzene rings is 7. The van der Waals surface area contributed by atoms with Gasteiger partial charge in [0, 0.05) is 43.7 Å². The maximum Gasteiger partial charge on any atom is 0.238 e. The van der Waals surface area contributed by atoms with Crippen LogP contribution in [0, 0.1) is 0 Å². The Kier molecular flexibility index (Phi) is 5.86. The van der Waals surface area contributed by atoms with Crippen LogP contribution in [0.1, 0.15) is 0 Å². The molecule has 11 aromatic rings. The molecule has 6 heteroatoms. The first-order valence-electron chi connectivity index (χ1n) is 17.0. The third-order valence-corrected chi connectivity index (χ3v) is 9.97. The van der Waals surface area contributed by atoms with Crippen molar-refractivity contribution in [1.82, 2.24) is 24.1 Å². The Hall–Kier alpha value is -7.05. The van der Waals surface area contributed by atoms with Crippen molar-refractivity contribution in [2.45, 2.75) is 0 Å². The lowest BCUT2D eigenvalue weighted by atomic mass is 10.1. The summed E-state index contributed by atoms with van der Waals surface area (Å²) in [6, 6.07) is 56.5. The van der Waals surface area contributed by atoms with Crippen molar-refractivity contribution >= 4 is 65.6 Å². The van der Waals surface area contributed by atoms with Crippen LogP contribution in [0.4, 0.5) is 0 Å². The Morgan fingerprint density at radius 2 is 0.961 bits per heavy atom. The van der Waals surface area contributed by atoms with Gasteiger partial charge in [0.2, 0.25) is 5.95 Å². The summed E-state index contributed by atoms with van der Waals surface area (Å²) in [5.41, 5.74) is 8.86. The maximum absolute atomic E-state index is 6.71. The van der Waals surface area contributed by atoms with Gasteiger partial charge in [-0.25, -0.2) is 4.98 Å². The molecule has 0 bridgehead atoms. The first-order valence-corrected chi connectivity index (χ1v) is 17.0. The molecule has 4 heterocycles. The summed E-state index contributed by atoms with van der Waals surface area (Å²) in [5.74, 6) is 1.76. The fourth-order valence-corrected chi connectivity index (χ4v) is 7.78. The van der Waals surface area contributed by atoms with E-state index in [9.17, 15) is 0 Å². The highest BCUT2D eigenvalue weighted by molar-refractivity contribution is 6.30. The minimum Gasteiger partial charge on any atom is -0.455 e. The van der Waals surface area contributed by atoms with Gasteiger partial charge in [0.05, 0.1) is 27.5 Å². The lowest BCUT2D eigenvalue weighted by molar-refractivity contribution is 0.673. The smallest absolute Gasteiger partial charge is 0.238 e. The average Bonchev–Trinajstić information content (AvgIpc) is 3.86. The number of aromatic nitrogens is 5. The van der Waals surface area contributed by atoms with Crippen molar-refractivity contribution in [3.8, 4) is 34.4 Å². The van der Waals surface area contributed by atoms with Gasteiger partial charge in [-0.2, -0.15) is 9.97 Å². The number of rotatable bonds is 4. The molecular weight excluding hydrogens is 627 g/mol. The lowest BCUT2D eigenvalue weighted by Crippen LogP contribution is -2.06. The van der Waals surface area contributed by atoms with Crippen LogP contribution in [-0.4, -0.2) is 24.1 Å². The van der Waals surface area contributed by atoms with E-state index in [-0.39, 0.29) is 0 Å². The summed E-state index contributed by atoms with van der Waals surface area (Å²) in [4.78, 5) is 15.5. The van der Waals surface area contributed by atoms with Crippen LogP contribution in [0.2, 0.25) is 0 Å². The van der Waals surface area contributed by atoms with Crippen molar-refractivity contribution in [1.29, 1.82) is 0 Å². The molecule has 0 unspecified atom stereocenters. The van der Waals surface area contributed by atoms with Crippen LogP contribution >= 0.6 is 0 Å². The Labute approximate surface area is 291 Å². The summed E-state index contributed by atoms with van der Waals surface area (Å²) < 4.78 is 11.3. The fraction of sp³-hybridized carbons (Fsp3) is 0. The molecule has 51 heavy (non-hydrogen) atoms. The molecule has 238 valence electrons. The lowest BCUT2D eigenvalue weighted by Gasteiger charge is -2.11. The van der Waals surface area contributed by atoms with E-state index in [1.54, 1.807) is 0 Å². The number of hydrogen-bond acceptors (Lipinski definition) is 4. The molecule has 0 spiro atoms. The van der Waals surface area contributed by atoms with E-state index in [4.69, 9.17) is 19.4 Å². The normalized spacial score (nSPS) is 11.9. The molecule has 0 radical (unpaired) electrons. The minimum atomic E-state index is 0.544. The molecule has 6 nitrogen and oxygen atoms in total. The van der Waals surface area contributed by atoms with E-state index in [1.807, 2.05) is 72.8 Å². The second kappa shape index (κ2) is 10.7. The van der Waals surface area contributed by atoms with Gasteiger partial charge in [0.25, 0.3) is 0 Å². The Bertz CT molecular complexity index is 3060. The number of furan rings is 1. The second-order valence-electron chi connectivity index (χ2n) is 12.8. The number of para-hydroxylation sites is 3. The molecule has 0 atom stereocenters. The van der Waals surface area contributed by atoms with Crippen molar-refractivity contribution < 1.29 is 4.42 Å². The molecule has 11 rings (SSSR count). The monoisotopic (exact) mass is 653 g/mol.